The second-order valence-corrected chi connectivity index (χ2v) is 10.7. The number of carbonyl (C=O) groups excluding carboxylic acids is 2. The van der Waals surface area contributed by atoms with E-state index in [1.54, 1.807) is 6.92 Å². The first-order valence-electron chi connectivity index (χ1n) is 13.5. The van der Waals surface area contributed by atoms with Crippen LogP contribution in [0, 0.1) is 11.8 Å². The first-order chi connectivity index (χ1) is 18.5. The van der Waals surface area contributed by atoms with E-state index in [4.69, 9.17) is 10.5 Å². The first-order valence-corrected chi connectivity index (χ1v) is 13.5. The molecule has 1 saturated heterocycles. The van der Waals surface area contributed by atoms with Crippen LogP contribution in [-0.4, -0.2) is 77.2 Å². The lowest BCUT2D eigenvalue weighted by atomic mass is 10.0. The van der Waals surface area contributed by atoms with Gasteiger partial charge in [-0.25, -0.2) is 0 Å². The van der Waals surface area contributed by atoms with Crippen molar-refractivity contribution < 1.29 is 24.2 Å². The number of fused-ring (bicyclic) bond motifs is 1. The van der Waals surface area contributed by atoms with Crippen LogP contribution in [0.1, 0.15) is 51.9 Å². The highest BCUT2D eigenvalue weighted by atomic mass is 35.5. The predicted octanol–water partition coefficient (Wildman–Crippen LogP) is 2.76. The molecule has 0 bridgehead atoms. The molecule has 5 atom stereocenters. The van der Waals surface area contributed by atoms with Crippen molar-refractivity contribution in [1.29, 1.82) is 0 Å². The quantitative estimate of drug-likeness (QED) is 0.320. The summed E-state index contributed by atoms with van der Waals surface area (Å²) in [4.78, 5) is 43.2. The smallest absolute Gasteiger partial charge is 0.322 e. The van der Waals surface area contributed by atoms with Gasteiger partial charge in [0, 0.05) is 31.1 Å². The van der Waals surface area contributed by atoms with E-state index >= 15 is 0 Å². The Bertz CT molecular complexity index is 1200. The number of hydrogen-bond acceptors (Lipinski definition) is 7. The summed E-state index contributed by atoms with van der Waals surface area (Å²) < 4.78 is 6.00. The Morgan fingerprint density at radius 2 is 1.90 bits per heavy atom. The molecule has 1 aliphatic rings. The Kier molecular flexibility index (Phi) is 12.5. The van der Waals surface area contributed by atoms with E-state index in [9.17, 15) is 19.5 Å². The molecule has 10 nitrogen and oxygen atoms in total. The molecule has 0 spiro atoms. The maximum absolute atomic E-state index is 13.0. The molecule has 1 aromatic carbocycles. The second kappa shape index (κ2) is 15.1. The predicted molar refractivity (Wildman–Crippen MR) is 158 cm³/mol. The monoisotopic (exact) mass is 575 g/mol. The average Bonchev–Trinajstić information content (AvgIpc) is 2.90. The van der Waals surface area contributed by atoms with Crippen LogP contribution in [0.4, 0.5) is 0 Å². The molecule has 3 rings (SSSR count). The Hall–Kier alpha value is -3.05. The minimum Gasteiger partial charge on any atom is -0.480 e. The normalized spacial score (nSPS) is 18.7. The van der Waals surface area contributed by atoms with Crippen LogP contribution >= 0.6 is 12.4 Å². The van der Waals surface area contributed by atoms with E-state index in [0.29, 0.717) is 19.7 Å². The minimum absolute atomic E-state index is 0. The number of carboxylic acid groups (broad SMARTS) is 1. The molecular formula is C29H42ClN5O5. The molecule has 1 aromatic heterocycles. The number of nitrogens with zero attached hydrogens (tertiary/aromatic N) is 2. The van der Waals surface area contributed by atoms with Gasteiger partial charge in [0.2, 0.25) is 11.8 Å². The highest BCUT2D eigenvalue weighted by molar-refractivity contribution is 5.89. The number of hydrogen-bond donors (Lipinski definition) is 4. The topological polar surface area (TPSA) is 147 Å². The number of piperazine rings is 1. The van der Waals surface area contributed by atoms with Crippen molar-refractivity contribution in [1.82, 2.24) is 20.5 Å². The van der Waals surface area contributed by atoms with Crippen LogP contribution in [0.3, 0.4) is 0 Å². The second-order valence-electron chi connectivity index (χ2n) is 10.7. The molecule has 0 saturated carbocycles. The van der Waals surface area contributed by atoms with E-state index < -0.39 is 24.2 Å². The van der Waals surface area contributed by atoms with Crippen LogP contribution in [0.15, 0.2) is 36.4 Å². The summed E-state index contributed by atoms with van der Waals surface area (Å²) in [6.45, 7) is 10.5. The summed E-state index contributed by atoms with van der Waals surface area (Å²) in [6.07, 6.45) is 3.31. The fourth-order valence-electron chi connectivity index (χ4n) is 4.41. The van der Waals surface area contributed by atoms with Gasteiger partial charge in [0.15, 0.2) is 0 Å². The standard InChI is InChI=1S/C29H41N5O5.ClH/c1-17(2)26(27(35)32-20(5)28(36)34-13-12-31-25(15-34)29(37)38)39-16-18(3)6-7-21-8-9-22-10-11-23(19(4)30)33-24(22)14-21;/h6-11,14,17-20,25-26,31H,12-13,15-16,30H2,1-5H3,(H,32,35)(H,37,38);1H/b7-6+;/t18?,19-,20+,25+,26+;/m1./s1. The summed E-state index contributed by atoms with van der Waals surface area (Å²) in [7, 11) is 0. The summed E-state index contributed by atoms with van der Waals surface area (Å²) in [6, 6.07) is 8.29. The Balaban J connectivity index is 0.00000560. The third kappa shape index (κ3) is 8.99. The van der Waals surface area contributed by atoms with Gasteiger partial charge >= 0.3 is 5.97 Å². The maximum Gasteiger partial charge on any atom is 0.322 e. The number of ether oxygens (including phenoxy) is 1. The van der Waals surface area contributed by atoms with Gasteiger partial charge < -0.3 is 31.1 Å². The largest absolute Gasteiger partial charge is 0.480 e. The van der Waals surface area contributed by atoms with Gasteiger partial charge in [-0.3, -0.25) is 19.4 Å². The van der Waals surface area contributed by atoms with Crippen molar-refractivity contribution in [2.75, 3.05) is 26.2 Å². The molecule has 0 radical (unpaired) electrons. The van der Waals surface area contributed by atoms with Crippen molar-refractivity contribution in [3.63, 3.8) is 0 Å². The van der Waals surface area contributed by atoms with E-state index in [1.165, 1.54) is 4.90 Å². The SMILES string of the molecule is CC(/C=C/c1ccc2ccc([C@@H](C)N)nc2c1)CO[C@H](C(=O)N[C@@H](C)C(=O)N1CCN[C@H](C(=O)O)C1)C(C)C.Cl. The summed E-state index contributed by atoms with van der Waals surface area (Å²) in [5, 5.41) is 15.9. The van der Waals surface area contributed by atoms with Gasteiger partial charge in [-0.1, -0.05) is 51.1 Å². The summed E-state index contributed by atoms with van der Waals surface area (Å²) in [5.41, 5.74) is 8.71. The maximum atomic E-state index is 13.0. The molecule has 2 heterocycles. The van der Waals surface area contributed by atoms with E-state index in [2.05, 4.69) is 15.6 Å². The van der Waals surface area contributed by atoms with Crippen LogP contribution in [-0.2, 0) is 19.1 Å². The number of carbonyl (C=O) groups is 3. The van der Waals surface area contributed by atoms with Crippen LogP contribution < -0.4 is 16.4 Å². The van der Waals surface area contributed by atoms with Gasteiger partial charge in [-0.15, -0.1) is 12.4 Å². The molecule has 1 fully saturated rings. The van der Waals surface area contributed by atoms with Crippen LogP contribution in [0.5, 0.6) is 0 Å². The number of carboxylic acids is 1. The number of pyridine rings is 1. The lowest BCUT2D eigenvalue weighted by molar-refractivity contribution is -0.145. The fourth-order valence-corrected chi connectivity index (χ4v) is 4.41. The Morgan fingerprint density at radius 3 is 2.55 bits per heavy atom. The zero-order valence-electron chi connectivity index (χ0n) is 23.8. The third-order valence-corrected chi connectivity index (χ3v) is 6.74. The van der Waals surface area contributed by atoms with E-state index in [1.807, 2.05) is 70.2 Å². The third-order valence-electron chi connectivity index (χ3n) is 6.74. The molecule has 11 heteroatoms. The van der Waals surface area contributed by atoms with Crippen molar-refractivity contribution >= 4 is 47.2 Å². The van der Waals surface area contributed by atoms with Gasteiger partial charge in [0.25, 0.3) is 0 Å². The fraction of sp³-hybridized carbons (Fsp3) is 0.517. The number of rotatable bonds is 11. The van der Waals surface area contributed by atoms with Crippen LogP contribution in [0.25, 0.3) is 17.0 Å². The number of halogens is 1. The lowest BCUT2D eigenvalue weighted by Crippen LogP contribution is -2.59. The number of nitrogens with two attached hydrogens (primary N) is 1. The van der Waals surface area contributed by atoms with Crippen molar-refractivity contribution in [2.45, 2.75) is 58.8 Å². The van der Waals surface area contributed by atoms with Gasteiger partial charge in [0.05, 0.1) is 17.8 Å². The summed E-state index contributed by atoms with van der Waals surface area (Å²) in [5.74, 6) is -1.76. The molecule has 40 heavy (non-hydrogen) atoms. The number of benzene rings is 1. The first kappa shape index (κ1) is 33.2. The highest BCUT2D eigenvalue weighted by Crippen LogP contribution is 2.19. The van der Waals surface area contributed by atoms with Crippen LogP contribution in [0.2, 0.25) is 0 Å². The zero-order valence-corrected chi connectivity index (χ0v) is 24.6. The van der Waals surface area contributed by atoms with Gasteiger partial charge in [0.1, 0.15) is 18.2 Å². The molecule has 1 aliphatic heterocycles. The van der Waals surface area contributed by atoms with E-state index in [-0.39, 0.29) is 48.6 Å². The Morgan fingerprint density at radius 1 is 1.20 bits per heavy atom. The van der Waals surface area contributed by atoms with Crippen molar-refractivity contribution in [3.05, 3.63) is 47.7 Å². The minimum atomic E-state index is -1.01. The number of aliphatic carboxylic acids is 1. The molecule has 2 amide bonds. The lowest BCUT2D eigenvalue weighted by Gasteiger charge is -2.33. The van der Waals surface area contributed by atoms with Gasteiger partial charge in [-0.2, -0.15) is 0 Å². The van der Waals surface area contributed by atoms with Crippen molar-refractivity contribution in [2.24, 2.45) is 17.6 Å². The van der Waals surface area contributed by atoms with Gasteiger partial charge in [-0.05, 0) is 43.4 Å². The molecule has 5 N–H and O–H groups in total. The number of nitrogens with one attached hydrogen (secondary N) is 2. The number of amides is 2. The summed E-state index contributed by atoms with van der Waals surface area (Å²) >= 11 is 0. The Labute approximate surface area is 242 Å². The molecule has 0 aliphatic carbocycles. The molecule has 2 aromatic rings. The molecular weight excluding hydrogens is 534 g/mol. The molecule has 220 valence electrons. The highest BCUT2D eigenvalue weighted by Gasteiger charge is 2.32. The number of aromatic nitrogens is 1. The van der Waals surface area contributed by atoms with Crippen molar-refractivity contribution in [3.8, 4) is 0 Å². The average molecular weight is 576 g/mol. The molecule has 1 unspecified atom stereocenters. The van der Waals surface area contributed by atoms with E-state index in [0.717, 1.165) is 22.2 Å². The zero-order chi connectivity index (χ0) is 28.7.